The molecular weight excluding hydrogens is 590 g/mol. The fourth-order valence-electron chi connectivity index (χ4n) is 9.12. The number of nitrogens with zero attached hydrogens (tertiary/aromatic N) is 1. The summed E-state index contributed by atoms with van der Waals surface area (Å²) in [6.45, 7) is 2.62. The van der Waals surface area contributed by atoms with Gasteiger partial charge in [-0.05, 0) is 99.1 Å². The number of anilines is 1. The summed E-state index contributed by atoms with van der Waals surface area (Å²) >= 11 is 0. The first-order valence-electron chi connectivity index (χ1n) is 17.4. The zero-order valence-corrected chi connectivity index (χ0v) is 27.6. The zero-order valence-electron chi connectivity index (χ0n) is 27.6. The SMILES string of the molecule is C[C@@H]([C@H](O)c1ccccc1)N(C)C[C@H]1C[C@@H](c2ccc(CO)cc2)O[C@@H](c2cccc(NC(=O)NC34CC5CC(CC(C5)C3)C4)c2)O1. The van der Waals surface area contributed by atoms with Gasteiger partial charge in [0.2, 0.25) is 0 Å². The van der Waals surface area contributed by atoms with Crippen molar-refractivity contribution < 1.29 is 24.5 Å². The maximum absolute atomic E-state index is 13.3. The standard InChI is InChI=1S/C39H49N3O5/c1-25(36(44)31-7-4-3-5-8-31)42(2)23-34-19-35(30-13-11-26(24-43)12-14-30)47-37(46-34)32-9-6-10-33(18-32)40-38(45)41-39-20-27-15-28(21-39)17-29(16-27)22-39/h3-14,18,25,27-29,34-37,43-44H,15-17,19-24H2,1-2H3,(H2,40,41,45)/t25-,27?,28?,29?,34+,35-,36-,37-,39?/m0/s1. The molecule has 0 radical (unpaired) electrons. The van der Waals surface area contributed by atoms with Gasteiger partial charge in [-0.25, -0.2) is 4.79 Å². The van der Waals surface area contributed by atoms with Gasteiger partial charge in [-0.2, -0.15) is 0 Å². The summed E-state index contributed by atoms with van der Waals surface area (Å²) in [6.07, 6.45) is 6.27. The van der Waals surface area contributed by atoms with E-state index in [1.165, 1.54) is 19.3 Å². The summed E-state index contributed by atoms with van der Waals surface area (Å²) < 4.78 is 13.2. The first kappa shape index (κ1) is 32.3. The second-order valence-corrected chi connectivity index (χ2v) is 14.8. The Labute approximate surface area is 278 Å². The van der Waals surface area contributed by atoms with E-state index in [4.69, 9.17) is 9.47 Å². The van der Waals surface area contributed by atoms with Crippen LogP contribution in [0.4, 0.5) is 10.5 Å². The number of likely N-dealkylation sites (N-methyl/N-ethyl adjacent to an activating group) is 1. The number of hydrogen-bond donors (Lipinski definition) is 4. The smallest absolute Gasteiger partial charge is 0.319 e. The third kappa shape index (κ3) is 7.27. The van der Waals surface area contributed by atoms with Crippen LogP contribution in [0.3, 0.4) is 0 Å². The molecule has 3 aromatic carbocycles. The van der Waals surface area contributed by atoms with Gasteiger partial charge in [-0.15, -0.1) is 0 Å². The van der Waals surface area contributed by atoms with Gasteiger partial charge < -0.3 is 30.3 Å². The first-order valence-corrected chi connectivity index (χ1v) is 17.4. The molecule has 0 aromatic heterocycles. The third-order valence-corrected chi connectivity index (χ3v) is 11.2. The quantitative estimate of drug-likeness (QED) is 0.193. The Balaban J connectivity index is 1.06. The Hall–Kier alpha value is -3.27. The lowest BCUT2D eigenvalue weighted by molar-refractivity contribution is -0.253. The molecule has 1 heterocycles. The molecule has 2 amide bonds. The van der Waals surface area contributed by atoms with Crippen molar-refractivity contribution in [2.24, 2.45) is 17.8 Å². The van der Waals surface area contributed by atoms with Crippen LogP contribution in [0.5, 0.6) is 0 Å². The molecule has 5 atom stereocenters. The lowest BCUT2D eigenvalue weighted by Gasteiger charge is -2.56. The molecule has 5 aliphatic rings. The number of carbonyl (C=O) groups excluding carboxylic acids is 1. The minimum absolute atomic E-state index is 0.0111. The molecule has 4 N–H and O–H groups in total. The highest BCUT2D eigenvalue weighted by atomic mass is 16.7. The number of aliphatic hydroxyl groups is 2. The van der Waals surface area contributed by atoms with Crippen molar-refractivity contribution in [1.29, 1.82) is 0 Å². The van der Waals surface area contributed by atoms with Gasteiger partial charge >= 0.3 is 6.03 Å². The molecule has 47 heavy (non-hydrogen) atoms. The molecule has 0 spiro atoms. The summed E-state index contributed by atoms with van der Waals surface area (Å²) in [4.78, 5) is 15.5. The number of ether oxygens (including phenoxy) is 2. The maximum Gasteiger partial charge on any atom is 0.319 e. The van der Waals surface area contributed by atoms with Gasteiger partial charge in [0.1, 0.15) is 0 Å². The van der Waals surface area contributed by atoms with Crippen LogP contribution in [0.25, 0.3) is 0 Å². The van der Waals surface area contributed by atoms with Gasteiger partial charge in [0.15, 0.2) is 6.29 Å². The van der Waals surface area contributed by atoms with Gasteiger partial charge in [0.25, 0.3) is 0 Å². The second kappa shape index (κ2) is 13.7. The van der Waals surface area contributed by atoms with Gasteiger partial charge in [-0.3, -0.25) is 4.90 Å². The van der Waals surface area contributed by atoms with Crippen LogP contribution in [0.2, 0.25) is 0 Å². The molecule has 8 nitrogen and oxygen atoms in total. The second-order valence-electron chi connectivity index (χ2n) is 14.8. The number of aliphatic hydroxyl groups excluding tert-OH is 2. The van der Waals surface area contributed by atoms with E-state index in [2.05, 4.69) is 15.5 Å². The lowest BCUT2D eigenvalue weighted by atomic mass is 9.53. The van der Waals surface area contributed by atoms with Gasteiger partial charge in [0.05, 0.1) is 24.9 Å². The van der Waals surface area contributed by atoms with Crippen LogP contribution >= 0.6 is 0 Å². The first-order chi connectivity index (χ1) is 22.8. The highest BCUT2D eigenvalue weighted by Crippen LogP contribution is 2.55. The highest BCUT2D eigenvalue weighted by molar-refractivity contribution is 5.90. The van der Waals surface area contributed by atoms with Crippen LogP contribution in [0.1, 0.15) is 92.6 Å². The molecule has 4 saturated carbocycles. The van der Waals surface area contributed by atoms with Crippen LogP contribution in [0.15, 0.2) is 78.9 Å². The van der Waals surface area contributed by atoms with Gasteiger partial charge in [0, 0.05) is 35.8 Å². The van der Waals surface area contributed by atoms with Crippen molar-refractivity contribution in [2.75, 3.05) is 18.9 Å². The number of amides is 2. The molecular formula is C39H49N3O5. The molecule has 0 unspecified atom stereocenters. The third-order valence-electron chi connectivity index (χ3n) is 11.2. The highest BCUT2D eigenvalue weighted by Gasteiger charge is 2.51. The summed E-state index contributed by atoms with van der Waals surface area (Å²) in [7, 11) is 2.02. The number of rotatable bonds is 10. The van der Waals surface area contributed by atoms with Crippen molar-refractivity contribution in [2.45, 2.75) is 94.7 Å². The molecule has 1 saturated heterocycles. The number of benzene rings is 3. The van der Waals surface area contributed by atoms with Crippen molar-refractivity contribution >= 4 is 11.7 Å². The number of urea groups is 1. The van der Waals surface area contributed by atoms with E-state index in [9.17, 15) is 15.0 Å². The predicted molar refractivity (Wildman–Crippen MR) is 181 cm³/mol. The number of carbonyl (C=O) groups is 1. The normalized spacial score (nSPS) is 31.0. The minimum atomic E-state index is -0.646. The van der Waals surface area contributed by atoms with E-state index in [0.717, 1.165) is 59.3 Å². The Bertz CT molecular complexity index is 1480. The minimum Gasteiger partial charge on any atom is -0.392 e. The molecule has 4 aliphatic carbocycles. The maximum atomic E-state index is 13.3. The van der Waals surface area contributed by atoms with Gasteiger partial charge in [-0.1, -0.05) is 66.7 Å². The summed E-state index contributed by atoms with van der Waals surface area (Å²) in [5.74, 6) is 2.28. The molecule has 5 fully saturated rings. The van der Waals surface area contributed by atoms with E-state index in [1.54, 1.807) is 0 Å². The Morgan fingerprint density at radius 2 is 1.57 bits per heavy atom. The fraction of sp³-hybridized carbons (Fsp3) is 0.513. The van der Waals surface area contributed by atoms with Crippen LogP contribution in [0, 0.1) is 17.8 Å². The Morgan fingerprint density at radius 3 is 2.23 bits per heavy atom. The van der Waals surface area contributed by atoms with E-state index in [-0.39, 0.29) is 36.4 Å². The molecule has 8 rings (SSSR count). The number of nitrogens with one attached hydrogen (secondary N) is 2. The van der Waals surface area contributed by atoms with Crippen molar-refractivity contribution in [1.82, 2.24) is 10.2 Å². The summed E-state index contributed by atoms with van der Waals surface area (Å²) in [5.41, 5.74) is 4.23. The van der Waals surface area contributed by atoms with E-state index in [1.807, 2.05) is 92.8 Å². The number of hydrogen-bond acceptors (Lipinski definition) is 6. The van der Waals surface area contributed by atoms with Crippen LogP contribution < -0.4 is 10.6 Å². The topological polar surface area (TPSA) is 103 Å². The molecule has 8 heteroatoms. The van der Waals surface area contributed by atoms with Crippen molar-refractivity contribution in [3.63, 3.8) is 0 Å². The van der Waals surface area contributed by atoms with Crippen molar-refractivity contribution in [3.8, 4) is 0 Å². The van der Waals surface area contributed by atoms with Crippen LogP contribution in [-0.4, -0.2) is 52.4 Å². The summed E-state index contributed by atoms with van der Waals surface area (Å²) in [5, 5.41) is 27.2. The zero-order chi connectivity index (χ0) is 32.5. The molecule has 250 valence electrons. The molecule has 1 aliphatic heterocycles. The fourth-order valence-corrected chi connectivity index (χ4v) is 9.12. The largest absolute Gasteiger partial charge is 0.392 e. The average Bonchev–Trinajstić information content (AvgIpc) is 3.07. The summed E-state index contributed by atoms with van der Waals surface area (Å²) in [6, 6.07) is 25.1. The van der Waals surface area contributed by atoms with E-state index < -0.39 is 12.4 Å². The van der Waals surface area contributed by atoms with E-state index >= 15 is 0 Å². The monoisotopic (exact) mass is 639 g/mol. The predicted octanol–water partition coefficient (Wildman–Crippen LogP) is 6.87. The Kier molecular flexibility index (Phi) is 9.40. The van der Waals surface area contributed by atoms with Crippen molar-refractivity contribution in [3.05, 3.63) is 101 Å². The molecule has 4 bridgehead atoms. The Morgan fingerprint density at radius 1 is 0.894 bits per heavy atom. The van der Waals surface area contributed by atoms with E-state index in [0.29, 0.717) is 18.7 Å². The van der Waals surface area contributed by atoms with Crippen LogP contribution in [-0.2, 0) is 16.1 Å². The molecule has 3 aromatic rings. The average molecular weight is 640 g/mol. The lowest BCUT2D eigenvalue weighted by Crippen LogP contribution is -2.60.